The van der Waals surface area contributed by atoms with Crippen molar-refractivity contribution in [1.29, 1.82) is 0 Å². The number of nitrogens with one attached hydrogen (secondary N) is 1. The number of carbonyl (C=O) groups excluding carboxylic acids is 1. The molecule has 0 bridgehead atoms. The Balaban J connectivity index is 2.44. The third kappa shape index (κ3) is 4.56. The fraction of sp³-hybridized carbons (Fsp3) is 0.667. The summed E-state index contributed by atoms with van der Waals surface area (Å²) in [6, 6.07) is 0. The SMILES string of the molecule is CCCNC(C)(CCCn1cc(I)cn1)C(N)=O. The van der Waals surface area contributed by atoms with Crippen LogP contribution in [0.1, 0.15) is 33.1 Å². The molecule has 0 saturated carbocycles. The fourth-order valence-corrected chi connectivity index (χ4v) is 2.20. The van der Waals surface area contributed by atoms with Gasteiger partial charge >= 0.3 is 0 Å². The number of aromatic nitrogens is 2. The van der Waals surface area contributed by atoms with Gasteiger partial charge in [0.25, 0.3) is 0 Å². The highest BCUT2D eigenvalue weighted by Gasteiger charge is 2.29. The predicted octanol–water partition coefficient (Wildman–Crippen LogP) is 1.51. The van der Waals surface area contributed by atoms with Crippen molar-refractivity contribution in [3.8, 4) is 0 Å². The summed E-state index contributed by atoms with van der Waals surface area (Å²) in [6.07, 6.45) is 6.39. The zero-order chi connectivity index (χ0) is 13.6. The molecule has 0 aliphatic heterocycles. The molecule has 1 atom stereocenters. The summed E-state index contributed by atoms with van der Waals surface area (Å²) in [6.45, 7) is 5.55. The average Bonchev–Trinajstić information content (AvgIpc) is 2.72. The lowest BCUT2D eigenvalue weighted by molar-refractivity contribution is -0.124. The highest BCUT2D eigenvalue weighted by Crippen LogP contribution is 2.13. The lowest BCUT2D eigenvalue weighted by Crippen LogP contribution is -2.53. The van der Waals surface area contributed by atoms with E-state index in [1.54, 1.807) is 0 Å². The summed E-state index contributed by atoms with van der Waals surface area (Å²) in [4.78, 5) is 11.5. The molecule has 0 fully saturated rings. The summed E-state index contributed by atoms with van der Waals surface area (Å²) < 4.78 is 3.01. The first kappa shape index (κ1) is 15.4. The zero-order valence-corrected chi connectivity index (χ0v) is 13.1. The molecule has 0 radical (unpaired) electrons. The van der Waals surface area contributed by atoms with E-state index in [0.29, 0.717) is 0 Å². The van der Waals surface area contributed by atoms with Crippen LogP contribution in [-0.2, 0) is 11.3 Å². The molecule has 1 unspecified atom stereocenters. The highest BCUT2D eigenvalue weighted by atomic mass is 127. The molecule has 1 heterocycles. The molecular weight excluding hydrogens is 343 g/mol. The first-order valence-corrected chi connectivity index (χ1v) is 7.28. The minimum Gasteiger partial charge on any atom is -0.368 e. The second kappa shape index (κ2) is 7.08. The minimum absolute atomic E-state index is 0.286. The molecule has 0 aromatic carbocycles. The van der Waals surface area contributed by atoms with Crippen molar-refractivity contribution in [2.24, 2.45) is 5.73 Å². The zero-order valence-electron chi connectivity index (χ0n) is 10.9. The number of halogens is 1. The Morgan fingerprint density at radius 1 is 1.67 bits per heavy atom. The summed E-state index contributed by atoms with van der Waals surface area (Å²) in [5.41, 5.74) is 4.86. The Hall–Kier alpha value is -0.630. The van der Waals surface area contributed by atoms with Crippen molar-refractivity contribution in [3.63, 3.8) is 0 Å². The van der Waals surface area contributed by atoms with Crippen molar-refractivity contribution < 1.29 is 4.79 Å². The van der Waals surface area contributed by atoms with E-state index in [4.69, 9.17) is 5.73 Å². The number of amides is 1. The first-order valence-electron chi connectivity index (χ1n) is 6.21. The van der Waals surface area contributed by atoms with Crippen LogP contribution in [0, 0.1) is 3.57 Å². The van der Waals surface area contributed by atoms with E-state index in [1.807, 2.05) is 24.0 Å². The molecule has 5 nitrogen and oxygen atoms in total. The van der Waals surface area contributed by atoms with Gasteiger partial charge in [-0.1, -0.05) is 6.92 Å². The lowest BCUT2D eigenvalue weighted by Gasteiger charge is -2.27. The second-order valence-electron chi connectivity index (χ2n) is 4.65. The number of nitrogens with two attached hydrogens (primary N) is 1. The summed E-state index contributed by atoms with van der Waals surface area (Å²) in [5.74, 6) is -0.286. The molecule has 102 valence electrons. The quantitative estimate of drug-likeness (QED) is 0.687. The van der Waals surface area contributed by atoms with Gasteiger partial charge < -0.3 is 11.1 Å². The summed E-state index contributed by atoms with van der Waals surface area (Å²) in [7, 11) is 0. The van der Waals surface area contributed by atoms with Gasteiger partial charge in [0.1, 0.15) is 0 Å². The van der Waals surface area contributed by atoms with Gasteiger partial charge in [0.05, 0.1) is 15.3 Å². The van der Waals surface area contributed by atoms with Gasteiger partial charge in [0.15, 0.2) is 0 Å². The molecule has 0 spiro atoms. The monoisotopic (exact) mass is 364 g/mol. The van der Waals surface area contributed by atoms with E-state index in [0.717, 1.165) is 35.9 Å². The molecule has 1 aromatic rings. The van der Waals surface area contributed by atoms with Gasteiger partial charge in [-0.05, 0) is 55.3 Å². The largest absolute Gasteiger partial charge is 0.368 e. The predicted molar refractivity (Wildman–Crippen MR) is 80.1 cm³/mol. The van der Waals surface area contributed by atoms with Gasteiger partial charge in [0.2, 0.25) is 5.91 Å². The van der Waals surface area contributed by atoms with Crippen LogP contribution in [0.3, 0.4) is 0 Å². The Labute approximate surface area is 122 Å². The first-order chi connectivity index (χ1) is 8.48. The number of nitrogens with zero attached hydrogens (tertiary/aromatic N) is 2. The standard InChI is InChI=1S/C12H21IN4O/c1-3-6-15-12(2,11(14)18)5-4-7-17-9-10(13)8-16-17/h8-9,15H,3-7H2,1-2H3,(H2,14,18). The van der Waals surface area contributed by atoms with Crippen LogP contribution in [0.15, 0.2) is 12.4 Å². The molecule has 0 aliphatic rings. The normalized spacial score (nSPS) is 14.4. The molecule has 0 aliphatic carbocycles. The number of carbonyl (C=O) groups is 1. The van der Waals surface area contributed by atoms with E-state index in [-0.39, 0.29) is 5.91 Å². The lowest BCUT2D eigenvalue weighted by atomic mass is 9.94. The van der Waals surface area contributed by atoms with Crippen LogP contribution in [0.5, 0.6) is 0 Å². The number of primary amides is 1. The van der Waals surface area contributed by atoms with Crippen molar-refractivity contribution in [3.05, 3.63) is 16.0 Å². The molecule has 0 saturated heterocycles. The topological polar surface area (TPSA) is 72.9 Å². The maximum Gasteiger partial charge on any atom is 0.237 e. The van der Waals surface area contributed by atoms with Gasteiger partial charge in [-0.15, -0.1) is 0 Å². The van der Waals surface area contributed by atoms with E-state index in [1.165, 1.54) is 0 Å². The van der Waals surface area contributed by atoms with Crippen LogP contribution in [0.4, 0.5) is 0 Å². The average molecular weight is 364 g/mol. The van der Waals surface area contributed by atoms with Crippen LogP contribution in [-0.4, -0.2) is 27.8 Å². The van der Waals surface area contributed by atoms with Crippen molar-refractivity contribution in [2.45, 2.75) is 45.2 Å². The molecule has 1 rings (SSSR count). The number of hydrogen-bond acceptors (Lipinski definition) is 3. The minimum atomic E-state index is -0.615. The van der Waals surface area contributed by atoms with E-state index in [2.05, 4.69) is 39.9 Å². The molecule has 1 aromatic heterocycles. The van der Waals surface area contributed by atoms with Gasteiger partial charge in [-0.25, -0.2) is 0 Å². The fourth-order valence-electron chi connectivity index (χ4n) is 1.75. The third-order valence-electron chi connectivity index (χ3n) is 2.97. The maximum atomic E-state index is 11.5. The highest BCUT2D eigenvalue weighted by molar-refractivity contribution is 14.1. The van der Waals surface area contributed by atoms with Crippen LogP contribution < -0.4 is 11.1 Å². The van der Waals surface area contributed by atoms with Crippen LogP contribution in [0.2, 0.25) is 0 Å². The van der Waals surface area contributed by atoms with Crippen molar-refractivity contribution in [1.82, 2.24) is 15.1 Å². The van der Waals surface area contributed by atoms with Gasteiger partial charge in [-0.3, -0.25) is 9.48 Å². The van der Waals surface area contributed by atoms with Gasteiger partial charge in [0, 0.05) is 12.7 Å². The molecular formula is C12H21IN4O. The Bertz CT molecular complexity index is 393. The smallest absolute Gasteiger partial charge is 0.237 e. The third-order valence-corrected chi connectivity index (χ3v) is 3.53. The van der Waals surface area contributed by atoms with Crippen LogP contribution in [0.25, 0.3) is 0 Å². The Morgan fingerprint density at radius 3 is 2.89 bits per heavy atom. The second-order valence-corrected chi connectivity index (χ2v) is 5.89. The van der Waals surface area contributed by atoms with Crippen molar-refractivity contribution >= 4 is 28.5 Å². The Kier molecular flexibility index (Phi) is 6.07. The number of aryl methyl sites for hydroxylation is 1. The van der Waals surface area contributed by atoms with Gasteiger partial charge in [-0.2, -0.15) is 5.10 Å². The molecule has 18 heavy (non-hydrogen) atoms. The molecule has 1 amide bonds. The van der Waals surface area contributed by atoms with Crippen LogP contribution >= 0.6 is 22.6 Å². The number of rotatable bonds is 8. The molecule has 6 heteroatoms. The van der Waals surface area contributed by atoms with E-state index >= 15 is 0 Å². The van der Waals surface area contributed by atoms with Crippen molar-refractivity contribution in [2.75, 3.05) is 6.54 Å². The molecule has 3 N–H and O–H groups in total. The summed E-state index contributed by atoms with van der Waals surface area (Å²) in [5, 5.41) is 7.45. The number of hydrogen-bond donors (Lipinski definition) is 2. The summed E-state index contributed by atoms with van der Waals surface area (Å²) >= 11 is 2.23. The van der Waals surface area contributed by atoms with E-state index in [9.17, 15) is 4.79 Å². The Morgan fingerprint density at radius 2 is 2.39 bits per heavy atom. The maximum absolute atomic E-state index is 11.5. The van der Waals surface area contributed by atoms with E-state index < -0.39 is 5.54 Å².